The zero-order chi connectivity index (χ0) is 12.3. The van der Waals surface area contributed by atoms with Gasteiger partial charge in [-0.05, 0) is 47.1 Å². The van der Waals surface area contributed by atoms with Crippen molar-refractivity contribution in [1.29, 1.82) is 0 Å². The summed E-state index contributed by atoms with van der Waals surface area (Å²) in [7, 11) is -3.15. The maximum Gasteiger partial charge on any atom is 0.155 e. The molecule has 15 heavy (non-hydrogen) atoms. The number of rotatable bonds is 5. The summed E-state index contributed by atoms with van der Waals surface area (Å²) in [5.41, 5.74) is 4.35. The molecule has 3 N–H and O–H groups in total. The van der Waals surface area contributed by atoms with Crippen LogP contribution in [0.4, 0.5) is 0 Å². The molecule has 0 aliphatic rings. The molecular weight excluding hydrogens is 214 g/mol. The van der Waals surface area contributed by atoms with E-state index in [9.17, 15) is 13.5 Å². The van der Waals surface area contributed by atoms with E-state index in [2.05, 4.69) is 0 Å². The Morgan fingerprint density at radius 3 is 1.93 bits per heavy atom. The molecule has 0 fully saturated rings. The third kappa shape index (κ3) is 4.95. The Hall–Kier alpha value is -0.130. The predicted molar refractivity (Wildman–Crippen MR) is 62.5 cm³/mol. The van der Waals surface area contributed by atoms with Crippen molar-refractivity contribution in [2.24, 2.45) is 5.73 Å². The van der Waals surface area contributed by atoms with Crippen LogP contribution < -0.4 is 5.73 Å². The minimum absolute atomic E-state index is 0.00347. The van der Waals surface area contributed by atoms with E-state index in [0.717, 1.165) is 0 Å². The Kier molecular flexibility index (Phi) is 4.76. The summed E-state index contributed by atoms with van der Waals surface area (Å²) < 4.78 is 22.8. The van der Waals surface area contributed by atoms with Crippen molar-refractivity contribution >= 4 is 9.84 Å². The van der Waals surface area contributed by atoms with Gasteiger partial charge in [0.15, 0.2) is 9.84 Å². The van der Waals surface area contributed by atoms with Crippen molar-refractivity contribution in [3.05, 3.63) is 0 Å². The van der Waals surface area contributed by atoms with Gasteiger partial charge < -0.3 is 10.8 Å². The maximum atomic E-state index is 11.8. The molecule has 0 radical (unpaired) electrons. The molecular formula is C10H23NO3S. The van der Waals surface area contributed by atoms with Gasteiger partial charge in [-0.3, -0.25) is 0 Å². The highest BCUT2D eigenvalue weighted by molar-refractivity contribution is 7.92. The van der Waals surface area contributed by atoms with Crippen LogP contribution in [-0.2, 0) is 9.84 Å². The van der Waals surface area contributed by atoms with E-state index in [-0.39, 0.29) is 12.2 Å². The van der Waals surface area contributed by atoms with Gasteiger partial charge in [0.25, 0.3) is 0 Å². The van der Waals surface area contributed by atoms with Crippen LogP contribution in [0.25, 0.3) is 0 Å². The Morgan fingerprint density at radius 2 is 1.60 bits per heavy atom. The van der Waals surface area contributed by atoms with Gasteiger partial charge in [0.2, 0.25) is 0 Å². The van der Waals surface area contributed by atoms with Crippen molar-refractivity contribution in [1.82, 2.24) is 0 Å². The molecule has 0 saturated heterocycles. The van der Waals surface area contributed by atoms with E-state index in [4.69, 9.17) is 5.73 Å². The maximum absolute atomic E-state index is 11.8. The highest BCUT2D eigenvalue weighted by Crippen LogP contribution is 2.21. The molecule has 0 bridgehead atoms. The van der Waals surface area contributed by atoms with Gasteiger partial charge in [-0.15, -0.1) is 0 Å². The lowest BCUT2D eigenvalue weighted by atomic mass is 10.00. The van der Waals surface area contributed by atoms with Gasteiger partial charge in [-0.25, -0.2) is 8.42 Å². The molecule has 4 nitrogen and oxygen atoms in total. The fraction of sp³-hybridized carbons (Fsp3) is 1.00. The van der Waals surface area contributed by atoms with Gasteiger partial charge in [0, 0.05) is 0 Å². The smallest absolute Gasteiger partial charge is 0.155 e. The molecule has 0 rings (SSSR count). The Bertz CT molecular complexity index is 288. The summed E-state index contributed by atoms with van der Waals surface area (Å²) >= 11 is 0. The second kappa shape index (κ2) is 4.80. The molecule has 0 saturated carbocycles. The van der Waals surface area contributed by atoms with E-state index in [0.29, 0.717) is 13.0 Å². The minimum atomic E-state index is -3.15. The van der Waals surface area contributed by atoms with E-state index in [1.54, 1.807) is 27.7 Å². The van der Waals surface area contributed by atoms with Crippen molar-refractivity contribution in [3.63, 3.8) is 0 Å². The first-order valence-electron chi connectivity index (χ1n) is 5.17. The van der Waals surface area contributed by atoms with Gasteiger partial charge in [-0.2, -0.15) is 0 Å². The Morgan fingerprint density at radius 1 is 1.13 bits per heavy atom. The van der Waals surface area contributed by atoms with Crippen LogP contribution in [0.1, 0.15) is 40.5 Å². The average molecular weight is 237 g/mol. The fourth-order valence-corrected chi connectivity index (χ4v) is 2.42. The van der Waals surface area contributed by atoms with Crippen molar-refractivity contribution in [3.8, 4) is 0 Å². The fourth-order valence-electron chi connectivity index (χ4n) is 1.10. The predicted octanol–water partition coefficient (Wildman–Crippen LogP) is 0.690. The lowest BCUT2D eigenvalue weighted by Gasteiger charge is -2.25. The van der Waals surface area contributed by atoms with Crippen LogP contribution in [0, 0.1) is 0 Å². The number of aliphatic hydroxyl groups is 1. The monoisotopic (exact) mass is 237 g/mol. The average Bonchev–Trinajstić information content (AvgIpc) is 1.99. The summed E-state index contributed by atoms with van der Waals surface area (Å²) in [6, 6.07) is 0. The summed E-state index contributed by atoms with van der Waals surface area (Å²) in [5.74, 6) is 0.00347. The number of hydrogen-bond donors (Lipinski definition) is 2. The molecule has 0 aromatic rings. The Labute approximate surface area is 92.8 Å². The van der Waals surface area contributed by atoms with Crippen molar-refractivity contribution < 1.29 is 13.5 Å². The molecule has 92 valence electrons. The van der Waals surface area contributed by atoms with Crippen LogP contribution in [0.5, 0.6) is 0 Å². The summed E-state index contributed by atoms with van der Waals surface area (Å²) in [5, 5.41) is 9.80. The van der Waals surface area contributed by atoms with Gasteiger partial charge in [-0.1, -0.05) is 0 Å². The number of nitrogens with two attached hydrogens (primary N) is 1. The van der Waals surface area contributed by atoms with E-state index in [1.807, 2.05) is 0 Å². The van der Waals surface area contributed by atoms with Gasteiger partial charge in [0.05, 0.1) is 16.1 Å². The quantitative estimate of drug-likeness (QED) is 0.737. The lowest BCUT2D eigenvalue weighted by Crippen LogP contribution is -2.36. The van der Waals surface area contributed by atoms with Crippen LogP contribution in [0.2, 0.25) is 0 Å². The largest absolute Gasteiger partial charge is 0.390 e. The SMILES string of the molecule is CC(O)(CCN)CCS(=O)(=O)C(C)(C)C. The number of sulfone groups is 1. The van der Waals surface area contributed by atoms with Crippen LogP contribution in [-0.4, -0.2) is 36.2 Å². The second-order valence-electron chi connectivity index (χ2n) is 5.22. The second-order valence-corrected chi connectivity index (χ2v) is 8.08. The van der Waals surface area contributed by atoms with E-state index in [1.165, 1.54) is 0 Å². The van der Waals surface area contributed by atoms with Gasteiger partial charge >= 0.3 is 0 Å². The third-order valence-electron chi connectivity index (χ3n) is 2.53. The highest BCUT2D eigenvalue weighted by Gasteiger charge is 2.31. The summed E-state index contributed by atoms with van der Waals surface area (Å²) in [6.45, 7) is 6.99. The van der Waals surface area contributed by atoms with Crippen LogP contribution in [0.15, 0.2) is 0 Å². The third-order valence-corrected chi connectivity index (χ3v) is 5.13. The molecule has 0 aromatic carbocycles. The van der Waals surface area contributed by atoms with E-state index >= 15 is 0 Å². The van der Waals surface area contributed by atoms with Crippen molar-refractivity contribution in [2.45, 2.75) is 50.9 Å². The highest BCUT2D eigenvalue weighted by atomic mass is 32.2. The van der Waals surface area contributed by atoms with E-state index < -0.39 is 20.2 Å². The number of hydrogen-bond acceptors (Lipinski definition) is 4. The molecule has 5 heteroatoms. The zero-order valence-corrected chi connectivity index (χ0v) is 10.9. The minimum Gasteiger partial charge on any atom is -0.390 e. The first kappa shape index (κ1) is 14.9. The summed E-state index contributed by atoms with van der Waals surface area (Å²) in [6.07, 6.45) is 0.663. The molecule has 1 unspecified atom stereocenters. The molecule has 1 atom stereocenters. The molecule has 0 aromatic heterocycles. The lowest BCUT2D eigenvalue weighted by molar-refractivity contribution is 0.0502. The molecule has 0 spiro atoms. The first-order chi connectivity index (χ1) is 6.52. The molecule has 0 heterocycles. The topological polar surface area (TPSA) is 80.4 Å². The molecule has 0 aliphatic carbocycles. The van der Waals surface area contributed by atoms with Crippen molar-refractivity contribution in [2.75, 3.05) is 12.3 Å². The van der Waals surface area contributed by atoms with Gasteiger partial charge in [0.1, 0.15) is 0 Å². The molecule has 0 amide bonds. The Balaban J connectivity index is 4.41. The summed E-state index contributed by atoms with van der Waals surface area (Å²) in [4.78, 5) is 0. The normalized spacial score (nSPS) is 17.5. The molecule has 0 aliphatic heterocycles. The van der Waals surface area contributed by atoms with Crippen LogP contribution in [0.3, 0.4) is 0 Å². The first-order valence-corrected chi connectivity index (χ1v) is 6.82. The standard InChI is InChI=1S/C10H23NO3S/c1-9(2,3)15(13,14)8-6-10(4,12)5-7-11/h12H,5-8,11H2,1-4H3. The van der Waals surface area contributed by atoms with Crippen LogP contribution >= 0.6 is 0 Å². The zero-order valence-electron chi connectivity index (χ0n) is 10.1.